The van der Waals surface area contributed by atoms with Crippen molar-refractivity contribution in [3.05, 3.63) is 23.8 Å². The van der Waals surface area contributed by atoms with E-state index in [2.05, 4.69) is 9.46 Å². The number of ether oxygens (including phenoxy) is 1. The molecule has 6 nitrogen and oxygen atoms in total. The fraction of sp³-hybridized carbons (Fsp3) is 0.417. The number of esters is 1. The van der Waals surface area contributed by atoms with Crippen LogP contribution in [0.25, 0.3) is 0 Å². The molecule has 0 atom stereocenters. The monoisotopic (exact) mass is 286 g/mol. The van der Waals surface area contributed by atoms with Crippen molar-refractivity contribution in [1.82, 2.24) is 0 Å². The van der Waals surface area contributed by atoms with Crippen molar-refractivity contribution in [3.8, 4) is 0 Å². The van der Waals surface area contributed by atoms with Gasteiger partial charge in [0.15, 0.2) is 0 Å². The molecule has 0 aliphatic carbocycles. The Morgan fingerprint density at radius 2 is 2.11 bits per heavy atom. The number of carbonyl (C=O) groups is 1. The first-order valence-corrected chi connectivity index (χ1v) is 7.51. The lowest BCUT2D eigenvalue weighted by molar-refractivity contribution is -0.142. The molecule has 0 saturated heterocycles. The van der Waals surface area contributed by atoms with Crippen molar-refractivity contribution in [2.75, 3.05) is 22.8 Å². The topological polar surface area (TPSA) is 98.5 Å². The fourth-order valence-corrected chi connectivity index (χ4v) is 2.51. The van der Waals surface area contributed by atoms with Gasteiger partial charge >= 0.3 is 5.97 Å². The Labute approximate surface area is 113 Å². The second-order valence-electron chi connectivity index (χ2n) is 4.05. The number of hydrogen-bond donors (Lipinski definition) is 2. The number of nitrogens with two attached hydrogens (primary N) is 1. The Hall–Kier alpha value is -1.76. The summed E-state index contributed by atoms with van der Waals surface area (Å²) < 4.78 is 30.7. The number of aryl methyl sites for hydroxylation is 1. The van der Waals surface area contributed by atoms with Gasteiger partial charge in [-0.15, -0.1) is 0 Å². The molecule has 1 rings (SSSR count). The van der Waals surface area contributed by atoms with Crippen molar-refractivity contribution >= 4 is 27.4 Å². The highest BCUT2D eigenvalue weighted by molar-refractivity contribution is 7.92. The van der Waals surface area contributed by atoms with Crippen LogP contribution in [0.15, 0.2) is 18.2 Å². The van der Waals surface area contributed by atoms with E-state index in [1.807, 2.05) is 0 Å². The second kappa shape index (κ2) is 6.42. The molecule has 0 spiro atoms. The predicted molar refractivity (Wildman–Crippen MR) is 74.3 cm³/mol. The van der Waals surface area contributed by atoms with E-state index in [1.165, 1.54) is 6.07 Å². The molecule has 19 heavy (non-hydrogen) atoms. The summed E-state index contributed by atoms with van der Waals surface area (Å²) in [7, 11) is -3.59. The number of benzene rings is 1. The lowest BCUT2D eigenvalue weighted by Gasteiger charge is -2.11. The Morgan fingerprint density at radius 1 is 1.42 bits per heavy atom. The third kappa shape index (κ3) is 5.17. The van der Waals surface area contributed by atoms with Gasteiger partial charge in [-0.25, -0.2) is 8.42 Å². The zero-order chi connectivity index (χ0) is 14.5. The molecule has 0 aromatic heterocycles. The van der Waals surface area contributed by atoms with E-state index in [-0.39, 0.29) is 18.8 Å². The summed E-state index contributed by atoms with van der Waals surface area (Å²) in [5.41, 5.74) is 7.24. The first kappa shape index (κ1) is 15.3. The number of carbonyl (C=O) groups excluding carboxylic acids is 1. The number of sulfonamides is 1. The molecular formula is C12H18N2O4S. The standard InChI is InChI=1S/C12H18N2O4S/c1-3-18-12(15)6-7-19(16,17)14-11-8-10(13)5-4-9(11)2/h4-5,8,14H,3,6-7,13H2,1-2H3. The second-order valence-corrected chi connectivity index (χ2v) is 5.89. The van der Waals surface area contributed by atoms with Gasteiger partial charge < -0.3 is 10.5 Å². The molecule has 3 N–H and O–H groups in total. The van der Waals surface area contributed by atoms with E-state index in [9.17, 15) is 13.2 Å². The van der Waals surface area contributed by atoms with Gasteiger partial charge in [0.25, 0.3) is 0 Å². The Morgan fingerprint density at radius 3 is 2.74 bits per heavy atom. The molecule has 1 aromatic rings. The third-order valence-corrected chi connectivity index (χ3v) is 3.68. The first-order chi connectivity index (χ1) is 8.84. The molecule has 0 amide bonds. The van der Waals surface area contributed by atoms with Gasteiger partial charge in [0.2, 0.25) is 10.0 Å². The van der Waals surface area contributed by atoms with Gasteiger partial charge in [-0.2, -0.15) is 0 Å². The first-order valence-electron chi connectivity index (χ1n) is 5.86. The summed E-state index contributed by atoms with van der Waals surface area (Å²) in [6.45, 7) is 3.67. The SMILES string of the molecule is CCOC(=O)CCS(=O)(=O)Nc1cc(N)ccc1C. The molecule has 0 radical (unpaired) electrons. The number of rotatable bonds is 6. The maximum atomic E-state index is 11.8. The van der Waals surface area contributed by atoms with Crippen molar-refractivity contribution < 1.29 is 17.9 Å². The van der Waals surface area contributed by atoms with Crippen LogP contribution >= 0.6 is 0 Å². The van der Waals surface area contributed by atoms with Gasteiger partial charge in [-0.1, -0.05) is 6.07 Å². The molecule has 0 unspecified atom stereocenters. The normalized spacial score (nSPS) is 11.1. The van der Waals surface area contributed by atoms with Gasteiger partial charge in [-0.3, -0.25) is 9.52 Å². The van der Waals surface area contributed by atoms with E-state index in [0.717, 1.165) is 5.56 Å². The van der Waals surface area contributed by atoms with Crippen LogP contribution in [0.3, 0.4) is 0 Å². The molecule has 7 heteroatoms. The van der Waals surface area contributed by atoms with Gasteiger partial charge in [0.1, 0.15) is 0 Å². The quantitative estimate of drug-likeness (QED) is 0.606. The number of nitrogen functional groups attached to an aromatic ring is 1. The van der Waals surface area contributed by atoms with E-state index in [1.54, 1.807) is 26.0 Å². The predicted octanol–water partition coefficient (Wildman–Crippen LogP) is 1.27. The highest BCUT2D eigenvalue weighted by atomic mass is 32.2. The molecule has 0 bridgehead atoms. The summed E-state index contributed by atoms with van der Waals surface area (Å²) in [6.07, 6.45) is -0.176. The van der Waals surface area contributed by atoms with Crippen LogP contribution < -0.4 is 10.5 Å². The van der Waals surface area contributed by atoms with Crippen molar-refractivity contribution in [2.45, 2.75) is 20.3 Å². The average Bonchev–Trinajstić information content (AvgIpc) is 2.32. The van der Waals surface area contributed by atoms with Gasteiger partial charge in [-0.05, 0) is 31.5 Å². The minimum absolute atomic E-state index is 0.176. The molecule has 1 aromatic carbocycles. The van der Waals surface area contributed by atoms with E-state index >= 15 is 0 Å². The van der Waals surface area contributed by atoms with Crippen LogP contribution in [0.4, 0.5) is 11.4 Å². The number of nitrogens with one attached hydrogen (secondary N) is 1. The van der Waals surface area contributed by atoms with Crippen LogP contribution in [-0.4, -0.2) is 26.7 Å². The fourth-order valence-electron chi connectivity index (χ4n) is 1.42. The van der Waals surface area contributed by atoms with Crippen molar-refractivity contribution in [1.29, 1.82) is 0 Å². The van der Waals surface area contributed by atoms with E-state index in [4.69, 9.17) is 5.73 Å². The largest absolute Gasteiger partial charge is 0.466 e. The van der Waals surface area contributed by atoms with Crippen molar-refractivity contribution in [3.63, 3.8) is 0 Å². The van der Waals surface area contributed by atoms with Crippen LogP contribution in [0.5, 0.6) is 0 Å². The number of anilines is 2. The minimum atomic E-state index is -3.59. The summed E-state index contributed by atoms with van der Waals surface area (Å²) in [5, 5.41) is 0. The highest BCUT2D eigenvalue weighted by Gasteiger charge is 2.15. The molecule has 0 fully saturated rings. The molecule has 0 saturated carbocycles. The van der Waals surface area contributed by atoms with Crippen LogP contribution in [0, 0.1) is 6.92 Å². The molecule has 0 aliphatic rings. The van der Waals surface area contributed by atoms with Crippen molar-refractivity contribution in [2.24, 2.45) is 0 Å². The third-order valence-electron chi connectivity index (χ3n) is 2.41. The summed E-state index contributed by atoms with van der Waals surface area (Å²) in [4.78, 5) is 11.1. The van der Waals surface area contributed by atoms with Crippen LogP contribution in [-0.2, 0) is 19.6 Å². The maximum Gasteiger partial charge on any atom is 0.306 e. The van der Waals surface area contributed by atoms with Crippen LogP contribution in [0.1, 0.15) is 18.9 Å². The molecule has 106 valence electrons. The summed E-state index contributed by atoms with van der Waals surface area (Å²) in [6, 6.07) is 4.95. The zero-order valence-corrected chi connectivity index (χ0v) is 11.8. The minimum Gasteiger partial charge on any atom is -0.466 e. The lowest BCUT2D eigenvalue weighted by atomic mass is 10.2. The smallest absolute Gasteiger partial charge is 0.306 e. The summed E-state index contributed by atoms with van der Waals surface area (Å²) >= 11 is 0. The average molecular weight is 286 g/mol. The summed E-state index contributed by atoms with van der Waals surface area (Å²) in [5.74, 6) is -0.850. The highest BCUT2D eigenvalue weighted by Crippen LogP contribution is 2.19. The maximum absolute atomic E-state index is 11.8. The van der Waals surface area contributed by atoms with E-state index < -0.39 is 16.0 Å². The lowest BCUT2D eigenvalue weighted by Crippen LogP contribution is -2.20. The molecular weight excluding hydrogens is 268 g/mol. The number of hydrogen-bond acceptors (Lipinski definition) is 5. The molecule has 0 heterocycles. The molecule has 0 aliphatic heterocycles. The Balaban J connectivity index is 2.69. The van der Waals surface area contributed by atoms with Gasteiger partial charge in [0, 0.05) is 5.69 Å². The van der Waals surface area contributed by atoms with Gasteiger partial charge in [0.05, 0.1) is 24.5 Å². The van der Waals surface area contributed by atoms with Crippen LogP contribution in [0.2, 0.25) is 0 Å². The zero-order valence-electron chi connectivity index (χ0n) is 11.0. The Bertz CT molecular complexity index is 555. The van der Waals surface area contributed by atoms with E-state index in [0.29, 0.717) is 11.4 Å². The Kier molecular flexibility index (Phi) is 5.17.